The lowest BCUT2D eigenvalue weighted by molar-refractivity contribution is -0.140. The number of ketones is 1. The van der Waals surface area contributed by atoms with Gasteiger partial charge in [0.15, 0.2) is 23.0 Å². The minimum absolute atomic E-state index is 0.0270. The van der Waals surface area contributed by atoms with Gasteiger partial charge in [0.1, 0.15) is 19.0 Å². The number of phenolic OH excluding ortho intramolecular Hbond substituents is 1. The predicted molar refractivity (Wildman–Crippen MR) is 133 cm³/mol. The fourth-order valence-corrected chi connectivity index (χ4v) is 4.96. The highest BCUT2D eigenvalue weighted by molar-refractivity contribution is 6.46. The lowest BCUT2D eigenvalue weighted by Gasteiger charge is -2.29. The van der Waals surface area contributed by atoms with Crippen molar-refractivity contribution in [3.63, 3.8) is 0 Å². The first-order valence-electron chi connectivity index (χ1n) is 12.3. The van der Waals surface area contributed by atoms with Crippen LogP contribution in [0.4, 0.5) is 0 Å². The fourth-order valence-electron chi connectivity index (χ4n) is 4.96. The Balaban J connectivity index is 1.51. The molecular weight excluding hydrogens is 480 g/mol. The molecule has 2 aromatic carbocycles. The molecule has 0 aromatic heterocycles. The largest absolute Gasteiger partial charge is 0.507 e. The molecular formula is C27H30N2O8. The summed E-state index contributed by atoms with van der Waals surface area (Å²) in [5.41, 5.74) is 0.853. The third-order valence-corrected chi connectivity index (χ3v) is 6.85. The van der Waals surface area contributed by atoms with E-state index in [2.05, 4.69) is 4.90 Å². The number of aliphatic hydroxyl groups excluding tert-OH is 1. The van der Waals surface area contributed by atoms with E-state index in [1.807, 2.05) is 0 Å². The van der Waals surface area contributed by atoms with Crippen LogP contribution in [0.3, 0.4) is 0 Å². The van der Waals surface area contributed by atoms with Gasteiger partial charge in [-0.25, -0.2) is 0 Å². The molecule has 5 rings (SSSR count). The zero-order valence-corrected chi connectivity index (χ0v) is 20.6. The van der Waals surface area contributed by atoms with Crippen LogP contribution in [0, 0.1) is 0 Å². The van der Waals surface area contributed by atoms with Crippen LogP contribution in [-0.4, -0.2) is 91.4 Å². The molecule has 0 bridgehead atoms. The van der Waals surface area contributed by atoms with Crippen molar-refractivity contribution in [2.75, 3.05) is 59.7 Å². The molecule has 37 heavy (non-hydrogen) atoms. The van der Waals surface area contributed by atoms with E-state index in [-0.39, 0.29) is 22.8 Å². The molecule has 3 heterocycles. The molecule has 196 valence electrons. The zero-order valence-electron chi connectivity index (χ0n) is 20.6. The Hall–Kier alpha value is -3.76. The summed E-state index contributed by atoms with van der Waals surface area (Å²) < 4.78 is 21.9. The molecule has 2 fully saturated rings. The molecule has 3 aliphatic heterocycles. The standard InChI is InChI=1S/C27H30N2O8/c1-34-21-15-17(3-5-19(21)30)24-23(25(31)18-4-6-20-22(16-18)37-14-13-36-20)26(32)27(33)29(24)8-2-7-28-9-11-35-12-10-28/h3-6,15-16,24,30-31H,2,7-14H2,1H3. The van der Waals surface area contributed by atoms with Crippen LogP contribution in [0.2, 0.25) is 0 Å². The summed E-state index contributed by atoms with van der Waals surface area (Å²) in [5.74, 6) is -0.612. The number of nitrogens with zero attached hydrogens (tertiary/aromatic N) is 2. The zero-order chi connectivity index (χ0) is 25.9. The van der Waals surface area contributed by atoms with Crippen LogP contribution in [0.5, 0.6) is 23.0 Å². The fraction of sp³-hybridized carbons (Fsp3) is 0.407. The highest BCUT2D eigenvalue weighted by Gasteiger charge is 2.46. The van der Waals surface area contributed by atoms with E-state index >= 15 is 0 Å². The summed E-state index contributed by atoms with van der Waals surface area (Å²) in [7, 11) is 1.42. The van der Waals surface area contributed by atoms with Crippen LogP contribution in [-0.2, 0) is 14.3 Å². The molecule has 10 heteroatoms. The minimum atomic E-state index is -0.854. The number of hydrogen-bond acceptors (Lipinski definition) is 9. The van der Waals surface area contributed by atoms with Crippen molar-refractivity contribution in [3.8, 4) is 23.0 Å². The van der Waals surface area contributed by atoms with E-state index in [9.17, 15) is 19.8 Å². The summed E-state index contributed by atoms with van der Waals surface area (Å²) in [6.45, 7) is 4.85. The Labute approximate surface area is 214 Å². The Morgan fingerprint density at radius 1 is 1.00 bits per heavy atom. The Bertz CT molecular complexity index is 1220. The Morgan fingerprint density at radius 2 is 1.76 bits per heavy atom. The average Bonchev–Trinajstić information content (AvgIpc) is 3.18. The minimum Gasteiger partial charge on any atom is -0.507 e. The third kappa shape index (κ3) is 4.94. The molecule has 2 aromatic rings. The molecule has 0 radical (unpaired) electrons. The number of aromatic hydroxyl groups is 1. The number of ether oxygens (including phenoxy) is 4. The monoisotopic (exact) mass is 510 g/mol. The lowest BCUT2D eigenvalue weighted by Crippen LogP contribution is -2.38. The quantitative estimate of drug-likeness (QED) is 0.329. The summed E-state index contributed by atoms with van der Waals surface area (Å²) >= 11 is 0. The summed E-state index contributed by atoms with van der Waals surface area (Å²) in [4.78, 5) is 30.3. The van der Waals surface area contributed by atoms with Gasteiger partial charge in [-0.15, -0.1) is 0 Å². The summed E-state index contributed by atoms with van der Waals surface area (Å²) in [6.07, 6.45) is 0.642. The normalized spacial score (nSPS) is 21.3. The number of likely N-dealkylation sites (tertiary alicyclic amines) is 1. The topological polar surface area (TPSA) is 118 Å². The van der Waals surface area contributed by atoms with Gasteiger partial charge < -0.3 is 34.1 Å². The van der Waals surface area contributed by atoms with E-state index in [1.54, 1.807) is 30.3 Å². The summed E-state index contributed by atoms with van der Waals surface area (Å²) in [6, 6.07) is 8.70. The van der Waals surface area contributed by atoms with Gasteiger partial charge in [0.2, 0.25) is 0 Å². The van der Waals surface area contributed by atoms with Crippen LogP contribution < -0.4 is 14.2 Å². The first-order chi connectivity index (χ1) is 18.0. The number of carbonyl (C=O) groups is 2. The van der Waals surface area contributed by atoms with Gasteiger partial charge in [-0.05, 0) is 42.3 Å². The number of amides is 1. The average molecular weight is 511 g/mol. The van der Waals surface area contributed by atoms with E-state index in [0.717, 1.165) is 19.6 Å². The van der Waals surface area contributed by atoms with Crippen LogP contribution >= 0.6 is 0 Å². The second-order valence-corrected chi connectivity index (χ2v) is 9.09. The van der Waals surface area contributed by atoms with E-state index in [0.29, 0.717) is 62.0 Å². The van der Waals surface area contributed by atoms with Crippen LogP contribution in [0.1, 0.15) is 23.6 Å². The van der Waals surface area contributed by atoms with Gasteiger partial charge in [0.05, 0.1) is 31.9 Å². The molecule has 2 N–H and O–H groups in total. The van der Waals surface area contributed by atoms with E-state index < -0.39 is 17.7 Å². The highest BCUT2D eigenvalue weighted by atomic mass is 16.6. The van der Waals surface area contributed by atoms with Crippen molar-refractivity contribution in [2.24, 2.45) is 0 Å². The van der Waals surface area contributed by atoms with Gasteiger partial charge >= 0.3 is 0 Å². The SMILES string of the molecule is COc1cc(C2C(=C(O)c3ccc4c(c3)OCCO4)C(=O)C(=O)N2CCCN2CCOCC2)ccc1O. The molecule has 0 aliphatic carbocycles. The number of fused-ring (bicyclic) bond motifs is 1. The molecule has 0 saturated carbocycles. The number of phenols is 1. The molecule has 1 amide bonds. The second kappa shape index (κ2) is 10.7. The molecule has 1 unspecified atom stereocenters. The molecule has 0 spiro atoms. The molecule has 10 nitrogen and oxygen atoms in total. The van der Waals surface area contributed by atoms with Crippen molar-refractivity contribution in [1.82, 2.24) is 9.80 Å². The van der Waals surface area contributed by atoms with Gasteiger partial charge in [-0.2, -0.15) is 0 Å². The number of rotatable bonds is 7. The van der Waals surface area contributed by atoms with Crippen LogP contribution in [0.25, 0.3) is 5.76 Å². The highest BCUT2D eigenvalue weighted by Crippen LogP contribution is 2.43. The van der Waals surface area contributed by atoms with Crippen molar-refractivity contribution in [1.29, 1.82) is 0 Å². The number of benzene rings is 2. The Morgan fingerprint density at radius 3 is 2.51 bits per heavy atom. The van der Waals surface area contributed by atoms with E-state index in [4.69, 9.17) is 18.9 Å². The molecule has 2 saturated heterocycles. The maximum Gasteiger partial charge on any atom is 0.295 e. The third-order valence-electron chi connectivity index (χ3n) is 6.85. The summed E-state index contributed by atoms with van der Waals surface area (Å²) in [5, 5.41) is 21.5. The van der Waals surface area contributed by atoms with Crippen molar-refractivity contribution >= 4 is 17.4 Å². The maximum absolute atomic E-state index is 13.3. The molecule has 1 atom stereocenters. The first kappa shape index (κ1) is 24.9. The van der Waals surface area contributed by atoms with Gasteiger partial charge in [-0.1, -0.05) is 6.07 Å². The number of methoxy groups -OCH3 is 1. The van der Waals surface area contributed by atoms with Crippen molar-refractivity contribution in [2.45, 2.75) is 12.5 Å². The number of morpholine rings is 1. The maximum atomic E-state index is 13.3. The van der Waals surface area contributed by atoms with E-state index in [1.165, 1.54) is 18.1 Å². The first-order valence-corrected chi connectivity index (χ1v) is 12.3. The predicted octanol–water partition coefficient (Wildman–Crippen LogP) is 2.32. The number of Topliss-reactive ketones (excluding diaryl/α,β-unsaturated/α-hetero) is 1. The number of aliphatic hydroxyl groups is 1. The Kier molecular flexibility index (Phi) is 7.20. The smallest absolute Gasteiger partial charge is 0.295 e. The van der Waals surface area contributed by atoms with Gasteiger partial charge in [-0.3, -0.25) is 14.5 Å². The lowest BCUT2D eigenvalue weighted by atomic mass is 9.94. The van der Waals surface area contributed by atoms with Crippen LogP contribution in [0.15, 0.2) is 42.0 Å². The van der Waals surface area contributed by atoms with Gasteiger partial charge in [0.25, 0.3) is 11.7 Å². The number of hydrogen-bond donors (Lipinski definition) is 2. The van der Waals surface area contributed by atoms with Crippen molar-refractivity contribution < 1.29 is 38.7 Å². The number of carbonyl (C=O) groups excluding carboxylic acids is 2. The second-order valence-electron chi connectivity index (χ2n) is 9.09. The van der Waals surface area contributed by atoms with Gasteiger partial charge in [0, 0.05) is 31.7 Å². The molecule has 3 aliphatic rings. The van der Waals surface area contributed by atoms with Crippen molar-refractivity contribution in [3.05, 3.63) is 53.1 Å².